The van der Waals surface area contributed by atoms with Crippen LogP contribution >= 0.6 is 0 Å². The largest absolute Gasteiger partial charge is 0.463 e. The molecule has 0 aliphatic carbocycles. The molecule has 10 heteroatoms. The molecule has 6 rings (SSSR count). The van der Waals surface area contributed by atoms with Gasteiger partial charge in [-0.05, 0) is 61.4 Å². The first-order valence-electron chi connectivity index (χ1n) is 15.1. The summed E-state index contributed by atoms with van der Waals surface area (Å²) in [6, 6.07) is 21.9. The van der Waals surface area contributed by atoms with E-state index in [-0.39, 0.29) is 24.3 Å². The molecule has 1 atom stereocenters. The van der Waals surface area contributed by atoms with Gasteiger partial charge < -0.3 is 15.0 Å². The molecule has 8 nitrogen and oxygen atoms in total. The molecule has 1 unspecified atom stereocenters. The average molecular weight is 612 g/mol. The van der Waals surface area contributed by atoms with E-state index in [1.165, 1.54) is 24.3 Å². The van der Waals surface area contributed by atoms with Gasteiger partial charge in [0.15, 0.2) is 0 Å². The highest BCUT2D eigenvalue weighted by atomic mass is 19.1. The van der Waals surface area contributed by atoms with Gasteiger partial charge in [0.05, 0.1) is 23.9 Å². The Morgan fingerprint density at radius 3 is 2.07 bits per heavy atom. The fraction of sp³-hybridized carbons (Fsp3) is 0.286. The number of ether oxygens (including phenoxy) is 1. The van der Waals surface area contributed by atoms with Crippen molar-refractivity contribution in [3.05, 3.63) is 129 Å². The quantitative estimate of drug-likeness (QED) is 0.265. The Labute approximate surface area is 260 Å². The van der Waals surface area contributed by atoms with E-state index in [0.29, 0.717) is 54.8 Å². The van der Waals surface area contributed by atoms with Crippen molar-refractivity contribution in [3.63, 3.8) is 0 Å². The molecular formula is C35H35F2N5O3. The van der Waals surface area contributed by atoms with Gasteiger partial charge >= 0.3 is 11.7 Å². The van der Waals surface area contributed by atoms with Gasteiger partial charge in [-0.2, -0.15) is 4.98 Å². The summed E-state index contributed by atoms with van der Waals surface area (Å²) in [5.74, 6) is -0.352. The van der Waals surface area contributed by atoms with Crippen molar-refractivity contribution >= 4 is 17.6 Å². The van der Waals surface area contributed by atoms with Crippen LogP contribution in [0.3, 0.4) is 0 Å². The molecule has 4 aromatic rings. The second kappa shape index (κ2) is 12.6. The highest BCUT2D eigenvalue weighted by Gasteiger charge is 2.37. The van der Waals surface area contributed by atoms with E-state index >= 15 is 0 Å². The smallest absolute Gasteiger partial charge is 0.355 e. The summed E-state index contributed by atoms with van der Waals surface area (Å²) >= 11 is 0. The summed E-state index contributed by atoms with van der Waals surface area (Å²) in [7, 11) is 0. The van der Waals surface area contributed by atoms with Crippen LogP contribution in [0.25, 0.3) is 5.69 Å². The third-order valence-electron chi connectivity index (χ3n) is 8.55. The molecule has 45 heavy (non-hydrogen) atoms. The lowest BCUT2D eigenvalue weighted by molar-refractivity contribution is -0.138. The van der Waals surface area contributed by atoms with E-state index in [1.54, 1.807) is 35.8 Å². The number of aromatic nitrogens is 2. The Hall–Kier alpha value is -4.83. The number of esters is 1. The number of para-hydroxylation sites is 1. The van der Waals surface area contributed by atoms with Crippen LogP contribution < -0.4 is 15.9 Å². The molecule has 1 saturated heterocycles. The molecule has 3 aromatic carbocycles. The average Bonchev–Trinajstić information content (AvgIpc) is 3.03. The molecule has 0 radical (unpaired) electrons. The van der Waals surface area contributed by atoms with Gasteiger partial charge in [-0.15, -0.1) is 0 Å². The number of nitrogens with zero attached hydrogens (tertiary/aromatic N) is 4. The number of hydrogen-bond acceptors (Lipinski definition) is 7. The maximum atomic E-state index is 13.8. The molecule has 1 aromatic heterocycles. The van der Waals surface area contributed by atoms with Crippen LogP contribution in [0, 0.1) is 11.6 Å². The SMILES string of the molecule is CCOC(=O)C1=C(C)Nc2c(c(N3CCN(C(c4ccc(F)cc4)c4ccc(F)cc4)CC3)nc(=O)n2-c2ccccc2)C1C. The first kappa shape index (κ1) is 30.2. The van der Waals surface area contributed by atoms with Crippen LogP contribution in [-0.4, -0.2) is 53.2 Å². The lowest BCUT2D eigenvalue weighted by atomic mass is 9.88. The second-order valence-corrected chi connectivity index (χ2v) is 11.3. The van der Waals surface area contributed by atoms with Crippen molar-refractivity contribution in [3.8, 4) is 5.69 Å². The minimum Gasteiger partial charge on any atom is -0.463 e. The van der Waals surface area contributed by atoms with E-state index in [4.69, 9.17) is 4.74 Å². The topological polar surface area (TPSA) is 79.7 Å². The molecular weight excluding hydrogens is 576 g/mol. The van der Waals surface area contributed by atoms with Crippen LogP contribution in [0.1, 0.15) is 49.4 Å². The molecule has 0 bridgehead atoms. The number of allylic oxidation sites excluding steroid dienone is 1. The van der Waals surface area contributed by atoms with Gasteiger partial charge in [0.25, 0.3) is 0 Å². The Morgan fingerprint density at radius 2 is 1.51 bits per heavy atom. The standard InChI is InChI=1S/C35H35F2N5O3/c1-4-45-34(43)29-22(2)30-32(39-35(44)42(33(30)38-23(29)3)28-8-6-5-7-9-28)41-20-18-40(19-21-41)31(24-10-14-26(36)15-11-24)25-12-16-27(37)17-13-25/h5-17,22,31,38H,4,18-21H2,1-3H3. The molecule has 3 heterocycles. The van der Waals surface area contributed by atoms with E-state index in [9.17, 15) is 18.4 Å². The van der Waals surface area contributed by atoms with Gasteiger partial charge in [-0.25, -0.2) is 22.9 Å². The number of anilines is 2. The van der Waals surface area contributed by atoms with E-state index in [2.05, 4.69) is 20.1 Å². The zero-order valence-electron chi connectivity index (χ0n) is 25.5. The Balaban J connectivity index is 1.37. The number of benzene rings is 3. The van der Waals surface area contributed by atoms with Crippen LogP contribution in [0.15, 0.2) is 94.9 Å². The molecule has 0 amide bonds. The van der Waals surface area contributed by atoms with Gasteiger partial charge in [-0.3, -0.25) is 4.90 Å². The van der Waals surface area contributed by atoms with Crippen molar-refractivity contribution in [2.75, 3.05) is 43.0 Å². The summed E-state index contributed by atoms with van der Waals surface area (Å²) in [6.45, 7) is 8.04. The molecule has 1 fully saturated rings. The molecule has 232 valence electrons. The Kier molecular flexibility index (Phi) is 8.49. The minimum atomic E-state index is -0.431. The number of carbonyl (C=O) groups excluding carboxylic acids is 1. The van der Waals surface area contributed by atoms with E-state index < -0.39 is 17.6 Å². The van der Waals surface area contributed by atoms with Crippen LogP contribution in [0.5, 0.6) is 0 Å². The van der Waals surface area contributed by atoms with Crippen LogP contribution in [-0.2, 0) is 9.53 Å². The van der Waals surface area contributed by atoms with E-state index in [0.717, 1.165) is 16.7 Å². The highest BCUT2D eigenvalue weighted by Crippen LogP contribution is 2.43. The number of halogens is 2. The summed E-state index contributed by atoms with van der Waals surface area (Å²) in [5.41, 5.74) is 3.90. The van der Waals surface area contributed by atoms with Crippen LogP contribution in [0.2, 0.25) is 0 Å². The zero-order chi connectivity index (χ0) is 31.7. The summed E-state index contributed by atoms with van der Waals surface area (Å²) < 4.78 is 34.6. The van der Waals surface area contributed by atoms with Crippen molar-refractivity contribution < 1.29 is 18.3 Å². The van der Waals surface area contributed by atoms with Gasteiger partial charge in [0.1, 0.15) is 23.3 Å². The molecule has 0 saturated carbocycles. The fourth-order valence-electron chi connectivity index (χ4n) is 6.45. The Morgan fingerprint density at radius 1 is 0.933 bits per heavy atom. The monoisotopic (exact) mass is 611 g/mol. The second-order valence-electron chi connectivity index (χ2n) is 11.3. The molecule has 0 spiro atoms. The molecule has 2 aliphatic heterocycles. The zero-order valence-corrected chi connectivity index (χ0v) is 25.5. The van der Waals surface area contributed by atoms with Gasteiger partial charge in [0, 0.05) is 43.4 Å². The highest BCUT2D eigenvalue weighted by molar-refractivity contribution is 5.94. The van der Waals surface area contributed by atoms with Crippen molar-refractivity contribution in [2.45, 2.75) is 32.7 Å². The van der Waals surface area contributed by atoms with Crippen LogP contribution in [0.4, 0.5) is 20.4 Å². The number of nitrogens with one attached hydrogen (secondary N) is 1. The van der Waals surface area contributed by atoms with Crippen molar-refractivity contribution in [1.82, 2.24) is 14.5 Å². The lowest BCUT2D eigenvalue weighted by Crippen LogP contribution is -2.49. The number of fused-ring (bicyclic) bond motifs is 1. The van der Waals surface area contributed by atoms with E-state index in [1.807, 2.05) is 44.2 Å². The number of hydrogen-bond donors (Lipinski definition) is 1. The number of rotatable bonds is 7. The third-order valence-corrected chi connectivity index (χ3v) is 8.55. The summed E-state index contributed by atoms with van der Waals surface area (Å²) in [6.07, 6.45) is 0. The maximum Gasteiger partial charge on any atom is 0.355 e. The van der Waals surface area contributed by atoms with Gasteiger partial charge in [0.2, 0.25) is 0 Å². The predicted molar refractivity (Wildman–Crippen MR) is 170 cm³/mol. The van der Waals surface area contributed by atoms with Crippen molar-refractivity contribution in [1.29, 1.82) is 0 Å². The Bertz CT molecular complexity index is 1740. The third kappa shape index (κ3) is 5.85. The summed E-state index contributed by atoms with van der Waals surface area (Å²) in [5, 5.41) is 3.35. The molecule has 2 aliphatic rings. The normalized spacial score (nSPS) is 16.8. The maximum absolute atomic E-state index is 13.8. The molecule has 1 N–H and O–H groups in total. The lowest BCUT2D eigenvalue weighted by Gasteiger charge is -2.41. The number of piperazine rings is 1. The first-order chi connectivity index (χ1) is 21.8. The van der Waals surface area contributed by atoms with Gasteiger partial charge in [-0.1, -0.05) is 49.4 Å². The summed E-state index contributed by atoms with van der Waals surface area (Å²) in [4.78, 5) is 35.8. The van der Waals surface area contributed by atoms with Crippen molar-refractivity contribution in [2.24, 2.45) is 0 Å². The fourth-order valence-corrected chi connectivity index (χ4v) is 6.45. The first-order valence-corrected chi connectivity index (χ1v) is 15.1. The number of carbonyl (C=O) groups is 1. The predicted octanol–water partition coefficient (Wildman–Crippen LogP) is 5.79. The minimum absolute atomic E-state index is 0.220.